The van der Waals surface area contributed by atoms with E-state index in [1.807, 2.05) is 24.5 Å². The third-order valence-corrected chi connectivity index (χ3v) is 3.58. The van der Waals surface area contributed by atoms with Crippen LogP contribution in [-0.4, -0.2) is 17.4 Å². The second-order valence-corrected chi connectivity index (χ2v) is 5.23. The standard InChI is InChI=1S/C10H10Br2OS/c1-14-7-2-3-8(9(12)6-7)10(13)4-5-11/h2-3,6H,4-5H2,1H3. The Morgan fingerprint density at radius 3 is 2.71 bits per heavy atom. The average molecular weight is 338 g/mol. The summed E-state index contributed by atoms with van der Waals surface area (Å²) >= 11 is 8.33. The summed E-state index contributed by atoms with van der Waals surface area (Å²) in [5.74, 6) is 0.168. The maximum Gasteiger partial charge on any atom is 0.164 e. The Morgan fingerprint density at radius 1 is 1.50 bits per heavy atom. The smallest absolute Gasteiger partial charge is 0.164 e. The van der Waals surface area contributed by atoms with E-state index in [1.54, 1.807) is 11.8 Å². The quantitative estimate of drug-likeness (QED) is 0.466. The molecule has 0 amide bonds. The number of carbonyl (C=O) groups is 1. The molecule has 0 aliphatic heterocycles. The molecule has 0 radical (unpaired) electrons. The van der Waals surface area contributed by atoms with Crippen LogP contribution in [-0.2, 0) is 0 Å². The van der Waals surface area contributed by atoms with Crippen LogP contribution in [0.5, 0.6) is 0 Å². The topological polar surface area (TPSA) is 17.1 Å². The molecule has 0 spiro atoms. The Labute approximate surface area is 105 Å². The van der Waals surface area contributed by atoms with Crippen LogP contribution in [0.2, 0.25) is 0 Å². The second kappa shape index (κ2) is 5.93. The number of halogens is 2. The van der Waals surface area contributed by atoms with Gasteiger partial charge in [-0.05, 0) is 24.5 Å². The van der Waals surface area contributed by atoms with Crippen LogP contribution < -0.4 is 0 Å². The van der Waals surface area contributed by atoms with Gasteiger partial charge in [-0.25, -0.2) is 0 Å². The summed E-state index contributed by atoms with van der Waals surface area (Å²) in [6, 6.07) is 5.82. The summed E-state index contributed by atoms with van der Waals surface area (Å²) in [4.78, 5) is 12.8. The first-order valence-electron chi connectivity index (χ1n) is 4.11. The van der Waals surface area contributed by atoms with Crippen LogP contribution in [0.1, 0.15) is 16.8 Å². The SMILES string of the molecule is CSc1ccc(C(=O)CCBr)c(Br)c1. The van der Waals surface area contributed by atoms with E-state index in [0.29, 0.717) is 11.8 Å². The highest BCUT2D eigenvalue weighted by molar-refractivity contribution is 9.10. The number of rotatable bonds is 4. The third kappa shape index (κ3) is 3.11. The molecule has 1 aromatic carbocycles. The fraction of sp³-hybridized carbons (Fsp3) is 0.300. The molecule has 0 bridgehead atoms. The van der Waals surface area contributed by atoms with E-state index in [1.165, 1.54) is 0 Å². The summed E-state index contributed by atoms with van der Waals surface area (Å²) in [6.45, 7) is 0. The van der Waals surface area contributed by atoms with E-state index in [9.17, 15) is 4.79 Å². The predicted molar refractivity (Wildman–Crippen MR) is 68.7 cm³/mol. The molecule has 1 aromatic rings. The number of Topliss-reactive ketones (excluding diaryl/α,β-unsaturated/α-hetero) is 1. The zero-order valence-corrected chi connectivity index (χ0v) is 11.7. The van der Waals surface area contributed by atoms with Crippen molar-refractivity contribution in [2.75, 3.05) is 11.6 Å². The van der Waals surface area contributed by atoms with Crippen molar-refractivity contribution >= 4 is 49.4 Å². The molecule has 0 aliphatic carbocycles. The summed E-state index contributed by atoms with van der Waals surface area (Å²) in [5.41, 5.74) is 0.766. The Hall–Kier alpha value is 0.200. The molecule has 4 heteroatoms. The van der Waals surface area contributed by atoms with E-state index in [-0.39, 0.29) is 5.78 Å². The number of hydrogen-bond acceptors (Lipinski definition) is 2. The fourth-order valence-corrected chi connectivity index (χ4v) is 2.62. The lowest BCUT2D eigenvalue weighted by molar-refractivity contribution is 0.0989. The minimum Gasteiger partial charge on any atom is -0.294 e. The number of carbonyl (C=O) groups excluding carboxylic acids is 1. The highest BCUT2D eigenvalue weighted by Gasteiger charge is 2.09. The molecule has 0 heterocycles. The Bertz CT molecular complexity index is 339. The van der Waals surface area contributed by atoms with Gasteiger partial charge in [-0.3, -0.25) is 4.79 Å². The van der Waals surface area contributed by atoms with Crippen molar-refractivity contribution in [3.63, 3.8) is 0 Å². The molecule has 14 heavy (non-hydrogen) atoms. The molecular formula is C10H10Br2OS. The van der Waals surface area contributed by atoms with Gasteiger partial charge in [-0.2, -0.15) is 0 Å². The summed E-state index contributed by atoms with van der Waals surface area (Å²) < 4.78 is 0.885. The summed E-state index contributed by atoms with van der Waals surface area (Å²) in [5, 5.41) is 0.711. The predicted octanol–water partition coefficient (Wildman–Crippen LogP) is 4.14. The van der Waals surface area contributed by atoms with Crippen molar-refractivity contribution < 1.29 is 4.79 Å². The molecule has 1 rings (SSSR count). The average Bonchev–Trinajstić information content (AvgIpc) is 2.17. The van der Waals surface area contributed by atoms with E-state index in [4.69, 9.17) is 0 Å². The maximum atomic E-state index is 11.6. The van der Waals surface area contributed by atoms with Crippen LogP contribution >= 0.6 is 43.6 Å². The normalized spacial score (nSPS) is 10.2. The van der Waals surface area contributed by atoms with E-state index >= 15 is 0 Å². The van der Waals surface area contributed by atoms with Gasteiger partial charge in [0.25, 0.3) is 0 Å². The molecular weight excluding hydrogens is 328 g/mol. The molecule has 0 aliphatic rings. The molecule has 0 unspecified atom stereocenters. The van der Waals surface area contributed by atoms with Gasteiger partial charge in [0.15, 0.2) is 5.78 Å². The van der Waals surface area contributed by atoms with Gasteiger partial charge in [0.05, 0.1) is 0 Å². The van der Waals surface area contributed by atoms with Crippen molar-refractivity contribution in [2.24, 2.45) is 0 Å². The second-order valence-electron chi connectivity index (χ2n) is 2.71. The first-order chi connectivity index (χ1) is 6.69. The van der Waals surface area contributed by atoms with E-state index < -0.39 is 0 Å². The van der Waals surface area contributed by atoms with E-state index in [0.717, 1.165) is 14.9 Å². The fourth-order valence-electron chi connectivity index (χ4n) is 1.07. The number of alkyl halides is 1. The van der Waals surface area contributed by atoms with Crippen LogP contribution in [0.25, 0.3) is 0 Å². The first kappa shape index (κ1) is 12.3. The lowest BCUT2D eigenvalue weighted by Gasteiger charge is -2.04. The minimum atomic E-state index is 0.168. The lowest BCUT2D eigenvalue weighted by Crippen LogP contribution is -2.00. The van der Waals surface area contributed by atoms with Crippen LogP contribution in [0.3, 0.4) is 0 Å². The van der Waals surface area contributed by atoms with Crippen LogP contribution in [0.15, 0.2) is 27.6 Å². The Morgan fingerprint density at radius 2 is 2.21 bits per heavy atom. The van der Waals surface area contributed by atoms with Crippen molar-refractivity contribution in [2.45, 2.75) is 11.3 Å². The van der Waals surface area contributed by atoms with Gasteiger partial charge >= 0.3 is 0 Å². The van der Waals surface area contributed by atoms with Crippen molar-refractivity contribution in [1.82, 2.24) is 0 Å². The Kier molecular flexibility index (Phi) is 5.20. The minimum absolute atomic E-state index is 0.168. The molecule has 0 saturated carbocycles. The summed E-state index contributed by atoms with van der Waals surface area (Å²) in [7, 11) is 0. The molecule has 1 nitrogen and oxygen atoms in total. The highest BCUT2D eigenvalue weighted by atomic mass is 79.9. The molecule has 0 fully saturated rings. The number of thioether (sulfide) groups is 1. The molecule has 0 aromatic heterocycles. The maximum absolute atomic E-state index is 11.6. The largest absolute Gasteiger partial charge is 0.294 e. The van der Waals surface area contributed by atoms with Gasteiger partial charge in [0, 0.05) is 26.7 Å². The van der Waals surface area contributed by atoms with Crippen LogP contribution in [0, 0.1) is 0 Å². The van der Waals surface area contributed by atoms with Gasteiger partial charge in [0.2, 0.25) is 0 Å². The first-order valence-corrected chi connectivity index (χ1v) is 7.25. The zero-order chi connectivity index (χ0) is 10.6. The molecule has 0 atom stereocenters. The zero-order valence-electron chi connectivity index (χ0n) is 7.72. The van der Waals surface area contributed by atoms with Gasteiger partial charge in [0.1, 0.15) is 0 Å². The van der Waals surface area contributed by atoms with Gasteiger partial charge in [-0.15, -0.1) is 11.8 Å². The lowest BCUT2D eigenvalue weighted by atomic mass is 10.1. The summed E-state index contributed by atoms with van der Waals surface area (Å²) in [6.07, 6.45) is 2.55. The highest BCUT2D eigenvalue weighted by Crippen LogP contribution is 2.24. The van der Waals surface area contributed by atoms with Crippen molar-refractivity contribution in [1.29, 1.82) is 0 Å². The molecule has 0 N–H and O–H groups in total. The van der Waals surface area contributed by atoms with Gasteiger partial charge in [-0.1, -0.05) is 31.9 Å². The number of ketones is 1. The molecule has 0 saturated heterocycles. The van der Waals surface area contributed by atoms with Gasteiger partial charge < -0.3 is 0 Å². The van der Waals surface area contributed by atoms with E-state index in [2.05, 4.69) is 31.9 Å². The van der Waals surface area contributed by atoms with Crippen molar-refractivity contribution in [3.05, 3.63) is 28.2 Å². The number of hydrogen-bond donors (Lipinski definition) is 0. The number of benzene rings is 1. The third-order valence-electron chi connectivity index (χ3n) is 1.80. The Balaban J connectivity index is 2.94. The molecule has 76 valence electrons. The van der Waals surface area contributed by atoms with Crippen molar-refractivity contribution in [3.8, 4) is 0 Å². The van der Waals surface area contributed by atoms with Crippen LogP contribution in [0.4, 0.5) is 0 Å². The monoisotopic (exact) mass is 336 g/mol.